The van der Waals surface area contributed by atoms with Crippen LogP contribution in [0.2, 0.25) is 0 Å². The van der Waals surface area contributed by atoms with Crippen LogP contribution in [0.15, 0.2) is 17.5 Å². The van der Waals surface area contributed by atoms with E-state index in [1.54, 1.807) is 18.3 Å². The lowest BCUT2D eigenvalue weighted by atomic mass is 10.3. The number of hydrogen-bond acceptors (Lipinski definition) is 4. The van der Waals surface area contributed by atoms with Gasteiger partial charge in [-0.05, 0) is 18.4 Å². The van der Waals surface area contributed by atoms with Crippen molar-refractivity contribution < 1.29 is 14.3 Å². The minimum absolute atomic E-state index is 0.323. The second-order valence-electron chi connectivity index (χ2n) is 2.87. The molecule has 14 heavy (non-hydrogen) atoms. The molecule has 1 heterocycles. The monoisotopic (exact) mass is 214 g/mol. The summed E-state index contributed by atoms with van der Waals surface area (Å²) in [5, 5.41) is 2.03. The highest BCUT2D eigenvalue weighted by molar-refractivity contribution is 7.09. The van der Waals surface area contributed by atoms with Gasteiger partial charge in [0, 0.05) is 11.3 Å². The first-order chi connectivity index (χ1) is 6.74. The van der Waals surface area contributed by atoms with E-state index >= 15 is 0 Å². The van der Waals surface area contributed by atoms with Crippen molar-refractivity contribution in [3.8, 4) is 0 Å². The molecule has 0 aliphatic rings. The van der Waals surface area contributed by atoms with E-state index < -0.39 is 6.10 Å². The van der Waals surface area contributed by atoms with Gasteiger partial charge in [-0.1, -0.05) is 6.07 Å². The lowest BCUT2D eigenvalue weighted by molar-refractivity contribution is -0.152. The molecule has 0 spiro atoms. The van der Waals surface area contributed by atoms with Crippen molar-refractivity contribution in [2.24, 2.45) is 0 Å². The van der Waals surface area contributed by atoms with Crippen molar-refractivity contribution in [3.05, 3.63) is 22.4 Å². The molecule has 1 atom stereocenters. The molecule has 0 saturated heterocycles. The minimum Gasteiger partial charge on any atom is -0.467 e. The molecule has 0 fully saturated rings. The van der Waals surface area contributed by atoms with Gasteiger partial charge in [-0.15, -0.1) is 11.3 Å². The van der Waals surface area contributed by atoms with Crippen molar-refractivity contribution in [2.45, 2.75) is 19.4 Å². The average molecular weight is 214 g/mol. The highest BCUT2D eigenvalue weighted by atomic mass is 32.1. The largest absolute Gasteiger partial charge is 0.467 e. The van der Waals surface area contributed by atoms with E-state index in [4.69, 9.17) is 4.74 Å². The predicted molar refractivity (Wildman–Crippen MR) is 55.5 cm³/mol. The van der Waals surface area contributed by atoms with E-state index in [0.717, 1.165) is 6.42 Å². The molecule has 0 aliphatic heterocycles. The first-order valence-corrected chi connectivity index (χ1v) is 5.34. The molecule has 3 nitrogen and oxygen atoms in total. The zero-order valence-corrected chi connectivity index (χ0v) is 9.17. The maximum absolute atomic E-state index is 11.0. The third-order valence-corrected chi connectivity index (χ3v) is 2.77. The van der Waals surface area contributed by atoms with E-state index in [1.807, 2.05) is 11.4 Å². The Morgan fingerprint density at radius 2 is 2.43 bits per heavy atom. The van der Waals surface area contributed by atoms with Gasteiger partial charge in [-0.25, -0.2) is 4.79 Å². The fourth-order valence-electron chi connectivity index (χ4n) is 1.03. The van der Waals surface area contributed by atoms with Crippen LogP contribution in [0.25, 0.3) is 0 Å². The van der Waals surface area contributed by atoms with Crippen LogP contribution in [0.4, 0.5) is 0 Å². The molecule has 78 valence electrons. The minimum atomic E-state index is -0.472. The van der Waals surface area contributed by atoms with Gasteiger partial charge in [0.15, 0.2) is 6.10 Å². The number of rotatable bonds is 5. The molecule has 1 aromatic rings. The maximum Gasteiger partial charge on any atom is 0.334 e. The van der Waals surface area contributed by atoms with Crippen LogP contribution in [0, 0.1) is 0 Å². The molecule has 0 aromatic carbocycles. The van der Waals surface area contributed by atoms with Gasteiger partial charge < -0.3 is 9.47 Å². The van der Waals surface area contributed by atoms with Crippen LogP contribution in [0.5, 0.6) is 0 Å². The second kappa shape index (κ2) is 5.78. The summed E-state index contributed by atoms with van der Waals surface area (Å²) in [6.07, 6.45) is 0.374. The highest BCUT2D eigenvalue weighted by Crippen LogP contribution is 2.09. The molecule has 0 bridgehead atoms. The lowest BCUT2D eigenvalue weighted by Gasteiger charge is -2.09. The fourth-order valence-corrected chi connectivity index (χ4v) is 1.72. The smallest absolute Gasteiger partial charge is 0.334 e. The van der Waals surface area contributed by atoms with Crippen LogP contribution >= 0.6 is 11.3 Å². The summed E-state index contributed by atoms with van der Waals surface area (Å²) in [4.78, 5) is 12.2. The van der Waals surface area contributed by atoms with Crippen LogP contribution in [-0.4, -0.2) is 25.8 Å². The molecular formula is C10H14O3S. The predicted octanol–water partition coefficient (Wildman–Crippen LogP) is 1.87. The van der Waals surface area contributed by atoms with Gasteiger partial charge in [0.05, 0.1) is 13.7 Å². The first-order valence-electron chi connectivity index (χ1n) is 4.46. The molecule has 1 aromatic heterocycles. The summed E-state index contributed by atoms with van der Waals surface area (Å²) in [5.74, 6) is -0.323. The number of carbonyl (C=O) groups excluding carboxylic acids is 1. The molecule has 0 saturated carbocycles. The Labute approximate surface area is 87.7 Å². The SMILES string of the molecule is COC(=O)C(C)OCCc1cccs1. The summed E-state index contributed by atoms with van der Waals surface area (Å²) < 4.78 is 9.84. The topological polar surface area (TPSA) is 35.5 Å². The molecule has 1 rings (SSSR count). The molecule has 0 N–H and O–H groups in total. The molecule has 0 radical (unpaired) electrons. The highest BCUT2D eigenvalue weighted by Gasteiger charge is 2.12. The lowest BCUT2D eigenvalue weighted by Crippen LogP contribution is -2.22. The van der Waals surface area contributed by atoms with Crippen molar-refractivity contribution in [3.63, 3.8) is 0 Å². The summed E-state index contributed by atoms with van der Waals surface area (Å²) in [6.45, 7) is 2.25. The Balaban J connectivity index is 2.18. The van der Waals surface area contributed by atoms with Gasteiger partial charge in [0.25, 0.3) is 0 Å². The zero-order chi connectivity index (χ0) is 10.4. The fraction of sp³-hybridized carbons (Fsp3) is 0.500. The van der Waals surface area contributed by atoms with E-state index in [1.165, 1.54) is 12.0 Å². The van der Waals surface area contributed by atoms with Crippen molar-refractivity contribution in [2.75, 3.05) is 13.7 Å². The number of methoxy groups -OCH3 is 1. The Morgan fingerprint density at radius 1 is 1.64 bits per heavy atom. The maximum atomic E-state index is 11.0. The number of ether oxygens (including phenoxy) is 2. The van der Waals surface area contributed by atoms with Gasteiger partial charge in [0.1, 0.15) is 0 Å². The summed E-state index contributed by atoms with van der Waals surface area (Å²) in [5.41, 5.74) is 0. The molecule has 0 aliphatic carbocycles. The number of hydrogen-bond donors (Lipinski definition) is 0. The molecule has 0 amide bonds. The Kier molecular flexibility index (Phi) is 4.62. The Hall–Kier alpha value is -0.870. The molecule has 4 heteroatoms. The first kappa shape index (κ1) is 11.2. The average Bonchev–Trinajstić information content (AvgIpc) is 2.69. The Morgan fingerprint density at radius 3 is 3.00 bits per heavy atom. The van der Waals surface area contributed by atoms with Crippen molar-refractivity contribution in [1.82, 2.24) is 0 Å². The summed E-state index contributed by atoms with van der Waals surface area (Å²) in [7, 11) is 1.36. The van der Waals surface area contributed by atoms with Crippen LogP contribution in [0.1, 0.15) is 11.8 Å². The van der Waals surface area contributed by atoms with E-state index in [0.29, 0.717) is 6.61 Å². The molecular weight excluding hydrogens is 200 g/mol. The van der Waals surface area contributed by atoms with E-state index in [2.05, 4.69) is 10.8 Å². The zero-order valence-electron chi connectivity index (χ0n) is 8.36. The number of esters is 1. The standard InChI is InChI=1S/C10H14O3S/c1-8(10(11)12-2)13-6-5-9-4-3-7-14-9/h3-4,7-8H,5-6H2,1-2H3. The van der Waals surface area contributed by atoms with Crippen LogP contribution < -0.4 is 0 Å². The van der Waals surface area contributed by atoms with Crippen LogP contribution in [-0.2, 0) is 20.7 Å². The van der Waals surface area contributed by atoms with Gasteiger partial charge in [0.2, 0.25) is 0 Å². The summed E-state index contributed by atoms with van der Waals surface area (Å²) in [6, 6.07) is 4.06. The van der Waals surface area contributed by atoms with E-state index in [9.17, 15) is 4.79 Å². The van der Waals surface area contributed by atoms with Crippen LogP contribution in [0.3, 0.4) is 0 Å². The summed E-state index contributed by atoms with van der Waals surface area (Å²) >= 11 is 1.69. The second-order valence-corrected chi connectivity index (χ2v) is 3.90. The van der Waals surface area contributed by atoms with Crippen molar-refractivity contribution in [1.29, 1.82) is 0 Å². The normalized spacial score (nSPS) is 12.4. The number of thiophene rings is 1. The quantitative estimate of drug-likeness (QED) is 0.702. The molecule has 1 unspecified atom stereocenters. The van der Waals surface area contributed by atoms with Gasteiger partial charge >= 0.3 is 5.97 Å². The number of carbonyl (C=O) groups is 1. The van der Waals surface area contributed by atoms with Crippen molar-refractivity contribution >= 4 is 17.3 Å². The Bertz CT molecular complexity index is 269. The van der Waals surface area contributed by atoms with Gasteiger partial charge in [-0.3, -0.25) is 0 Å². The van der Waals surface area contributed by atoms with E-state index in [-0.39, 0.29) is 5.97 Å². The van der Waals surface area contributed by atoms with Gasteiger partial charge in [-0.2, -0.15) is 0 Å². The third-order valence-electron chi connectivity index (χ3n) is 1.83. The third kappa shape index (κ3) is 3.47.